The molecule has 0 aliphatic carbocycles. The molecule has 0 spiro atoms. The summed E-state index contributed by atoms with van der Waals surface area (Å²) in [5, 5.41) is 10.1. The second-order valence-electron chi connectivity index (χ2n) is 7.45. The first-order valence-corrected chi connectivity index (χ1v) is 10.1. The van der Waals surface area contributed by atoms with Crippen LogP contribution in [0.25, 0.3) is 11.4 Å². The first-order chi connectivity index (χ1) is 15.6. The van der Waals surface area contributed by atoms with Gasteiger partial charge in [0.25, 0.3) is 5.89 Å². The summed E-state index contributed by atoms with van der Waals surface area (Å²) in [5.74, 6) is 1.63. The van der Waals surface area contributed by atoms with Gasteiger partial charge < -0.3 is 19.8 Å². The van der Waals surface area contributed by atoms with Crippen molar-refractivity contribution in [2.45, 2.75) is 19.9 Å². The Balaban J connectivity index is 1.29. The molecule has 0 radical (unpaired) electrons. The zero-order valence-corrected chi connectivity index (χ0v) is 17.6. The molecule has 0 atom stereocenters. The Hall–Kier alpha value is -4.21. The fourth-order valence-electron chi connectivity index (χ4n) is 3.47. The second kappa shape index (κ2) is 8.14. The van der Waals surface area contributed by atoms with Crippen LogP contribution in [0.3, 0.4) is 0 Å². The molecule has 1 aliphatic heterocycles. The number of oxazole rings is 1. The van der Waals surface area contributed by atoms with Crippen molar-refractivity contribution in [1.29, 1.82) is 0 Å². The smallest absolute Gasteiger partial charge is 0.307 e. The molecule has 2 N–H and O–H groups in total. The second-order valence-corrected chi connectivity index (χ2v) is 7.45. The molecule has 3 aromatic heterocycles. The Morgan fingerprint density at radius 1 is 1.25 bits per heavy atom. The number of nitrogens with zero attached hydrogens (tertiary/aromatic N) is 5. The minimum Gasteiger partial charge on any atom is -0.493 e. The van der Waals surface area contributed by atoms with Crippen LogP contribution in [0.5, 0.6) is 5.75 Å². The fourth-order valence-corrected chi connectivity index (χ4v) is 3.47. The molecule has 0 fully saturated rings. The largest absolute Gasteiger partial charge is 0.493 e. The van der Waals surface area contributed by atoms with Gasteiger partial charge in [0.2, 0.25) is 5.95 Å². The van der Waals surface area contributed by atoms with Crippen LogP contribution < -0.4 is 15.4 Å². The minimum absolute atomic E-state index is 0.0244. The zero-order valence-electron chi connectivity index (χ0n) is 17.6. The van der Waals surface area contributed by atoms with Crippen LogP contribution in [0.2, 0.25) is 0 Å². The zero-order chi connectivity index (χ0) is 22.1. The van der Waals surface area contributed by atoms with Crippen LogP contribution in [0.1, 0.15) is 27.4 Å². The van der Waals surface area contributed by atoms with Crippen LogP contribution in [0.4, 0.5) is 11.8 Å². The number of nitrogens with one attached hydrogen (secondary N) is 2. The Kier molecular flexibility index (Phi) is 5.02. The quantitative estimate of drug-likeness (QED) is 0.478. The lowest BCUT2D eigenvalue weighted by atomic mass is 10.1. The van der Waals surface area contributed by atoms with Crippen molar-refractivity contribution in [3.8, 4) is 17.1 Å². The van der Waals surface area contributed by atoms with Crippen molar-refractivity contribution in [3.63, 3.8) is 0 Å². The van der Waals surface area contributed by atoms with Crippen molar-refractivity contribution in [1.82, 2.24) is 30.0 Å². The summed E-state index contributed by atoms with van der Waals surface area (Å²) in [5.41, 5.74) is 3.99. The molecule has 10 nitrogen and oxygen atoms in total. The Morgan fingerprint density at radius 3 is 3.00 bits per heavy atom. The Morgan fingerprint density at radius 2 is 2.16 bits per heavy atom. The van der Waals surface area contributed by atoms with Gasteiger partial charge in [0, 0.05) is 32.3 Å². The number of amides is 1. The van der Waals surface area contributed by atoms with Gasteiger partial charge in [-0.2, -0.15) is 5.10 Å². The van der Waals surface area contributed by atoms with Crippen LogP contribution in [-0.4, -0.2) is 37.2 Å². The van der Waals surface area contributed by atoms with Crippen LogP contribution in [0, 0.1) is 6.92 Å². The van der Waals surface area contributed by atoms with Gasteiger partial charge in [-0.05, 0) is 29.7 Å². The third kappa shape index (κ3) is 3.89. The predicted molar refractivity (Wildman–Crippen MR) is 116 cm³/mol. The van der Waals surface area contributed by atoms with Gasteiger partial charge in [-0.15, -0.1) is 0 Å². The van der Waals surface area contributed by atoms with E-state index in [0.717, 1.165) is 34.7 Å². The molecule has 4 aromatic rings. The molecular formula is C22H21N7O3. The van der Waals surface area contributed by atoms with E-state index >= 15 is 0 Å². The monoisotopic (exact) mass is 431 g/mol. The van der Waals surface area contributed by atoms with Gasteiger partial charge in [0.1, 0.15) is 29.2 Å². The maximum absolute atomic E-state index is 12.6. The number of rotatable bonds is 6. The number of ether oxygens (including phenoxy) is 1. The van der Waals surface area contributed by atoms with Gasteiger partial charge in [0.15, 0.2) is 0 Å². The molecule has 1 aliphatic rings. The average Bonchev–Trinajstić information content (AvgIpc) is 3.54. The van der Waals surface area contributed by atoms with E-state index in [1.165, 1.54) is 6.26 Å². The summed E-state index contributed by atoms with van der Waals surface area (Å²) >= 11 is 0. The molecule has 10 heteroatoms. The summed E-state index contributed by atoms with van der Waals surface area (Å²) in [6.45, 7) is 2.94. The number of fused-ring (bicyclic) bond motifs is 1. The molecule has 1 amide bonds. The van der Waals surface area contributed by atoms with Crippen LogP contribution in [0.15, 0.2) is 47.3 Å². The molecule has 5 rings (SSSR count). The van der Waals surface area contributed by atoms with Crippen LogP contribution >= 0.6 is 0 Å². The molecule has 0 unspecified atom stereocenters. The molecule has 162 valence electrons. The number of anilines is 2. The topological polar surface area (TPSA) is 120 Å². The third-order valence-corrected chi connectivity index (χ3v) is 5.18. The molecule has 0 bridgehead atoms. The molecule has 4 heterocycles. The average molecular weight is 431 g/mol. The summed E-state index contributed by atoms with van der Waals surface area (Å²) in [7, 11) is 1.82. The summed E-state index contributed by atoms with van der Waals surface area (Å²) in [4.78, 5) is 25.7. The van der Waals surface area contributed by atoms with E-state index in [4.69, 9.17) is 9.15 Å². The highest BCUT2D eigenvalue weighted by molar-refractivity contribution is 5.90. The summed E-state index contributed by atoms with van der Waals surface area (Å²) < 4.78 is 12.6. The number of hydrogen-bond acceptors (Lipinski definition) is 8. The maximum atomic E-state index is 12.6. The molecule has 32 heavy (non-hydrogen) atoms. The van der Waals surface area contributed by atoms with E-state index in [1.807, 2.05) is 38.2 Å². The van der Waals surface area contributed by atoms with Gasteiger partial charge in [-0.25, -0.2) is 15.0 Å². The van der Waals surface area contributed by atoms with Gasteiger partial charge in [-0.1, -0.05) is 12.1 Å². The first kappa shape index (κ1) is 19.7. The normalized spacial score (nSPS) is 12.3. The van der Waals surface area contributed by atoms with E-state index < -0.39 is 5.91 Å². The minimum atomic E-state index is -0.395. The fraction of sp³-hybridized carbons (Fsp3) is 0.227. The van der Waals surface area contributed by atoms with E-state index in [-0.39, 0.29) is 5.89 Å². The lowest BCUT2D eigenvalue weighted by Crippen LogP contribution is -2.23. The standard InChI is InChI=1S/C22H21N7O3/c1-13-10-24-22(27-18-5-7-25-29(18)2)28-19(13)16-12-32-21(26-16)20(30)23-11-14-3-4-17-15(9-14)6-8-31-17/h3-5,7,9-10,12H,6,8,11H2,1-2H3,(H,23,30)(H,24,27,28). The van der Waals surface area contributed by atoms with Crippen molar-refractivity contribution >= 4 is 17.7 Å². The highest BCUT2D eigenvalue weighted by Crippen LogP contribution is 2.26. The number of aryl methyl sites for hydroxylation is 2. The molecule has 0 saturated carbocycles. The number of aromatic nitrogens is 5. The SMILES string of the molecule is Cc1cnc(Nc2ccnn2C)nc1-c1coc(C(=O)NCc2ccc3c(c2)CCO3)n1. The van der Waals surface area contributed by atoms with Gasteiger partial charge in [0.05, 0.1) is 12.8 Å². The van der Waals surface area contributed by atoms with Crippen molar-refractivity contribution < 1.29 is 13.9 Å². The number of carbonyl (C=O) groups excluding carboxylic acids is 1. The molecule has 0 saturated heterocycles. The van der Waals surface area contributed by atoms with Gasteiger partial charge in [-0.3, -0.25) is 9.48 Å². The van der Waals surface area contributed by atoms with Crippen molar-refractivity contribution in [3.05, 3.63) is 65.5 Å². The summed E-state index contributed by atoms with van der Waals surface area (Å²) in [6.07, 6.45) is 5.67. The molecular weight excluding hydrogens is 410 g/mol. The number of carbonyl (C=O) groups is 1. The van der Waals surface area contributed by atoms with Crippen molar-refractivity contribution in [2.24, 2.45) is 7.05 Å². The van der Waals surface area contributed by atoms with Crippen molar-refractivity contribution in [2.75, 3.05) is 11.9 Å². The van der Waals surface area contributed by atoms with E-state index in [1.54, 1.807) is 17.1 Å². The third-order valence-electron chi connectivity index (χ3n) is 5.18. The maximum Gasteiger partial charge on any atom is 0.307 e. The lowest BCUT2D eigenvalue weighted by molar-refractivity contribution is 0.0916. The Labute approximate surface area is 183 Å². The number of benzene rings is 1. The highest BCUT2D eigenvalue weighted by Gasteiger charge is 2.18. The highest BCUT2D eigenvalue weighted by atomic mass is 16.5. The molecule has 1 aromatic carbocycles. The lowest BCUT2D eigenvalue weighted by Gasteiger charge is -2.07. The summed E-state index contributed by atoms with van der Waals surface area (Å²) in [6, 6.07) is 7.73. The first-order valence-electron chi connectivity index (χ1n) is 10.1. The number of hydrogen-bond donors (Lipinski definition) is 2. The van der Waals surface area contributed by atoms with Crippen LogP contribution in [-0.2, 0) is 20.0 Å². The predicted octanol–water partition coefficient (Wildman–Crippen LogP) is 2.78. The van der Waals surface area contributed by atoms with E-state index in [0.29, 0.717) is 30.5 Å². The van der Waals surface area contributed by atoms with E-state index in [2.05, 4.69) is 30.7 Å². The van der Waals surface area contributed by atoms with Gasteiger partial charge >= 0.3 is 5.91 Å². The van der Waals surface area contributed by atoms with E-state index in [9.17, 15) is 4.79 Å². The Bertz CT molecular complexity index is 1290.